The zero-order chi connectivity index (χ0) is 13.1. The normalized spacial score (nSPS) is 10.4. The molecule has 2 N–H and O–H groups in total. The molecule has 0 atom stereocenters. The smallest absolute Gasteiger partial charge is 0.123 e. The summed E-state index contributed by atoms with van der Waals surface area (Å²) in [5, 5.41) is 0. The Morgan fingerprint density at radius 2 is 2.00 bits per heavy atom. The SMILES string of the molecule is Cc1cc(OCc2cc(F)ccc2N)ccc1Br. The zero-order valence-corrected chi connectivity index (χ0v) is 11.5. The Labute approximate surface area is 114 Å². The molecular formula is C14H13BrFNO. The highest BCUT2D eigenvalue weighted by molar-refractivity contribution is 9.10. The molecule has 0 aliphatic heterocycles. The number of ether oxygens (including phenoxy) is 1. The fourth-order valence-corrected chi connectivity index (χ4v) is 1.81. The lowest BCUT2D eigenvalue weighted by Gasteiger charge is -2.09. The van der Waals surface area contributed by atoms with Gasteiger partial charge in [0.15, 0.2) is 0 Å². The first-order valence-electron chi connectivity index (χ1n) is 5.49. The molecule has 0 bridgehead atoms. The fourth-order valence-electron chi connectivity index (χ4n) is 1.57. The second-order valence-electron chi connectivity index (χ2n) is 4.04. The molecule has 2 aromatic rings. The Bertz CT molecular complexity index is 572. The standard InChI is InChI=1S/C14H13BrFNO/c1-9-6-12(3-4-13(9)15)18-8-10-7-11(16)2-5-14(10)17/h2-7H,8,17H2,1H3. The summed E-state index contributed by atoms with van der Waals surface area (Å²) in [6, 6.07) is 9.95. The lowest BCUT2D eigenvalue weighted by Crippen LogP contribution is -2.01. The summed E-state index contributed by atoms with van der Waals surface area (Å²) in [4.78, 5) is 0. The highest BCUT2D eigenvalue weighted by Gasteiger charge is 2.03. The van der Waals surface area contributed by atoms with E-state index in [2.05, 4.69) is 15.9 Å². The summed E-state index contributed by atoms with van der Waals surface area (Å²) in [7, 11) is 0. The number of hydrogen-bond donors (Lipinski definition) is 1. The summed E-state index contributed by atoms with van der Waals surface area (Å²) in [5.74, 6) is 0.425. The van der Waals surface area contributed by atoms with Crippen LogP contribution in [0.25, 0.3) is 0 Å². The van der Waals surface area contributed by atoms with Crippen LogP contribution in [0.2, 0.25) is 0 Å². The van der Waals surface area contributed by atoms with Gasteiger partial charge in [-0.1, -0.05) is 15.9 Å². The van der Waals surface area contributed by atoms with Crippen molar-refractivity contribution in [2.24, 2.45) is 0 Å². The molecule has 2 nitrogen and oxygen atoms in total. The monoisotopic (exact) mass is 309 g/mol. The van der Waals surface area contributed by atoms with Gasteiger partial charge in [-0.2, -0.15) is 0 Å². The van der Waals surface area contributed by atoms with Crippen molar-refractivity contribution >= 4 is 21.6 Å². The number of nitrogens with two attached hydrogens (primary N) is 1. The van der Waals surface area contributed by atoms with E-state index in [1.165, 1.54) is 12.1 Å². The lowest BCUT2D eigenvalue weighted by atomic mass is 10.2. The van der Waals surface area contributed by atoms with Gasteiger partial charge in [0.05, 0.1) is 0 Å². The third kappa shape index (κ3) is 3.01. The molecule has 0 aliphatic rings. The fraction of sp³-hybridized carbons (Fsp3) is 0.143. The Kier molecular flexibility index (Phi) is 3.87. The van der Waals surface area contributed by atoms with Crippen LogP contribution in [-0.4, -0.2) is 0 Å². The van der Waals surface area contributed by atoms with Gasteiger partial charge >= 0.3 is 0 Å². The van der Waals surface area contributed by atoms with Crippen LogP contribution in [-0.2, 0) is 6.61 Å². The molecule has 2 aromatic carbocycles. The molecule has 0 radical (unpaired) electrons. The maximum Gasteiger partial charge on any atom is 0.123 e. The number of rotatable bonds is 3. The molecule has 0 spiro atoms. The van der Waals surface area contributed by atoms with Gasteiger partial charge in [-0.25, -0.2) is 4.39 Å². The van der Waals surface area contributed by atoms with Crippen molar-refractivity contribution in [1.29, 1.82) is 0 Å². The minimum Gasteiger partial charge on any atom is -0.489 e. The number of nitrogen functional groups attached to an aromatic ring is 1. The van der Waals surface area contributed by atoms with E-state index in [1.807, 2.05) is 25.1 Å². The minimum atomic E-state index is -0.310. The van der Waals surface area contributed by atoms with Gasteiger partial charge in [0.25, 0.3) is 0 Å². The molecule has 0 fully saturated rings. The van der Waals surface area contributed by atoms with Gasteiger partial charge in [-0.05, 0) is 48.9 Å². The zero-order valence-electron chi connectivity index (χ0n) is 9.91. The lowest BCUT2D eigenvalue weighted by molar-refractivity contribution is 0.306. The van der Waals surface area contributed by atoms with Gasteiger partial charge in [0.1, 0.15) is 18.2 Å². The maximum absolute atomic E-state index is 13.1. The highest BCUT2D eigenvalue weighted by Crippen LogP contribution is 2.23. The van der Waals surface area contributed by atoms with Crippen LogP contribution in [0.5, 0.6) is 5.75 Å². The van der Waals surface area contributed by atoms with E-state index in [1.54, 1.807) is 6.07 Å². The van der Waals surface area contributed by atoms with Gasteiger partial charge in [0, 0.05) is 15.7 Å². The van der Waals surface area contributed by atoms with Crippen LogP contribution in [0, 0.1) is 12.7 Å². The van der Waals surface area contributed by atoms with Crippen LogP contribution < -0.4 is 10.5 Å². The third-order valence-corrected chi connectivity index (χ3v) is 3.52. The van der Waals surface area contributed by atoms with Gasteiger partial charge in [-0.3, -0.25) is 0 Å². The van der Waals surface area contributed by atoms with Crippen LogP contribution in [0.1, 0.15) is 11.1 Å². The molecular weight excluding hydrogens is 297 g/mol. The summed E-state index contributed by atoms with van der Waals surface area (Å²) in [6.07, 6.45) is 0. The molecule has 94 valence electrons. The average molecular weight is 310 g/mol. The number of benzene rings is 2. The van der Waals surface area contributed by atoms with E-state index in [0.29, 0.717) is 11.3 Å². The van der Waals surface area contributed by atoms with Crippen LogP contribution >= 0.6 is 15.9 Å². The van der Waals surface area contributed by atoms with Crippen molar-refractivity contribution in [2.75, 3.05) is 5.73 Å². The maximum atomic E-state index is 13.1. The topological polar surface area (TPSA) is 35.2 Å². The summed E-state index contributed by atoms with van der Waals surface area (Å²) in [6.45, 7) is 2.23. The Morgan fingerprint density at radius 3 is 2.72 bits per heavy atom. The van der Waals surface area contributed by atoms with Gasteiger partial charge in [0.2, 0.25) is 0 Å². The van der Waals surface area contributed by atoms with E-state index < -0.39 is 0 Å². The molecule has 0 saturated carbocycles. The van der Waals surface area contributed by atoms with Crippen molar-refractivity contribution < 1.29 is 9.13 Å². The van der Waals surface area contributed by atoms with Crippen molar-refractivity contribution in [3.63, 3.8) is 0 Å². The molecule has 0 aliphatic carbocycles. The van der Waals surface area contributed by atoms with E-state index in [-0.39, 0.29) is 12.4 Å². The molecule has 18 heavy (non-hydrogen) atoms. The summed E-state index contributed by atoms with van der Waals surface area (Å²) < 4.78 is 19.7. The summed E-state index contributed by atoms with van der Waals surface area (Å²) in [5.41, 5.74) is 8.02. The number of anilines is 1. The van der Waals surface area contributed by atoms with Crippen molar-refractivity contribution in [2.45, 2.75) is 13.5 Å². The average Bonchev–Trinajstić information content (AvgIpc) is 2.34. The van der Waals surface area contributed by atoms with Gasteiger partial charge in [-0.15, -0.1) is 0 Å². The van der Waals surface area contributed by atoms with E-state index in [0.717, 1.165) is 15.8 Å². The molecule has 0 amide bonds. The highest BCUT2D eigenvalue weighted by atomic mass is 79.9. The first-order valence-corrected chi connectivity index (χ1v) is 6.28. The van der Waals surface area contributed by atoms with Gasteiger partial charge < -0.3 is 10.5 Å². The first-order chi connectivity index (χ1) is 8.56. The first kappa shape index (κ1) is 12.9. The van der Waals surface area contributed by atoms with E-state index in [9.17, 15) is 4.39 Å². The number of aryl methyl sites for hydroxylation is 1. The quantitative estimate of drug-likeness (QED) is 0.868. The van der Waals surface area contributed by atoms with E-state index in [4.69, 9.17) is 10.5 Å². The number of halogens is 2. The largest absolute Gasteiger partial charge is 0.489 e. The van der Waals surface area contributed by atoms with Crippen molar-refractivity contribution in [1.82, 2.24) is 0 Å². The Balaban J connectivity index is 2.11. The molecule has 4 heteroatoms. The van der Waals surface area contributed by atoms with Crippen LogP contribution in [0.15, 0.2) is 40.9 Å². The predicted molar refractivity (Wildman–Crippen MR) is 74.0 cm³/mol. The van der Waals surface area contributed by atoms with Crippen LogP contribution in [0.3, 0.4) is 0 Å². The second-order valence-corrected chi connectivity index (χ2v) is 4.90. The van der Waals surface area contributed by atoms with Crippen LogP contribution in [0.4, 0.5) is 10.1 Å². The Morgan fingerprint density at radius 1 is 1.22 bits per heavy atom. The predicted octanol–water partition coefficient (Wildman–Crippen LogP) is 4.06. The molecule has 0 aromatic heterocycles. The second kappa shape index (κ2) is 5.40. The van der Waals surface area contributed by atoms with Crippen molar-refractivity contribution in [3.05, 3.63) is 57.8 Å². The molecule has 0 unspecified atom stereocenters. The molecule has 0 saturated heterocycles. The molecule has 2 rings (SSSR count). The summed E-state index contributed by atoms with van der Waals surface area (Å²) >= 11 is 3.42. The van der Waals surface area contributed by atoms with E-state index >= 15 is 0 Å². The Hall–Kier alpha value is -1.55. The minimum absolute atomic E-state index is 0.255. The number of hydrogen-bond acceptors (Lipinski definition) is 2. The van der Waals surface area contributed by atoms with Crippen molar-refractivity contribution in [3.8, 4) is 5.75 Å². The molecule has 0 heterocycles. The third-order valence-electron chi connectivity index (χ3n) is 2.63.